The number of hydrogen-bond acceptors (Lipinski definition) is 3. The summed E-state index contributed by atoms with van der Waals surface area (Å²) in [5.41, 5.74) is 11.4. The van der Waals surface area contributed by atoms with Crippen LogP contribution in [-0.2, 0) is 0 Å². The molecule has 0 saturated heterocycles. The van der Waals surface area contributed by atoms with Crippen LogP contribution in [0.5, 0.6) is 0 Å². The quantitative estimate of drug-likeness (QED) is 0.290. The molecule has 0 bridgehead atoms. The number of imidazole rings is 1. The summed E-state index contributed by atoms with van der Waals surface area (Å²) in [5.74, 6) is 0. The summed E-state index contributed by atoms with van der Waals surface area (Å²) in [6.07, 6.45) is 3.63. The standard InChI is InChI=1S/C27H27N5/c1-17-7-21(5)26(9-19(17)3)31(15-29-6)23-11-22(14-28)12-24(13-23)32-16-30-25-8-18(2)20(4)10-27(25)32/h7-13,15-16H,1-6H3. The van der Waals surface area contributed by atoms with Gasteiger partial charge in [0.25, 0.3) is 0 Å². The zero-order valence-electron chi connectivity index (χ0n) is 19.4. The van der Waals surface area contributed by atoms with E-state index in [9.17, 15) is 5.26 Å². The average Bonchev–Trinajstić information content (AvgIpc) is 3.17. The number of hydrogen-bond donors (Lipinski definition) is 0. The lowest BCUT2D eigenvalue weighted by Gasteiger charge is -2.24. The Morgan fingerprint density at radius 1 is 0.875 bits per heavy atom. The monoisotopic (exact) mass is 421 g/mol. The number of nitrogens with zero attached hydrogens (tertiary/aromatic N) is 5. The fraction of sp³-hybridized carbons (Fsp3) is 0.222. The Kier molecular flexibility index (Phi) is 5.54. The van der Waals surface area contributed by atoms with Gasteiger partial charge in [0.1, 0.15) is 6.33 Å². The SMILES string of the molecule is CN=CN(c1cc(C#N)cc(-n2cnc3cc(C)c(C)cc32)c1)c1cc(C)c(C)cc1C. The van der Waals surface area contributed by atoms with Crippen molar-refractivity contribution in [1.82, 2.24) is 9.55 Å². The van der Waals surface area contributed by atoms with Crippen LogP contribution in [0.25, 0.3) is 16.7 Å². The molecule has 4 rings (SSSR count). The van der Waals surface area contributed by atoms with Gasteiger partial charge < -0.3 is 4.90 Å². The summed E-state index contributed by atoms with van der Waals surface area (Å²) in [6.45, 7) is 10.5. The summed E-state index contributed by atoms with van der Waals surface area (Å²) in [4.78, 5) is 10.9. The predicted octanol–water partition coefficient (Wildman–Crippen LogP) is 6.24. The lowest BCUT2D eigenvalue weighted by molar-refractivity contribution is 1.09. The highest BCUT2D eigenvalue weighted by molar-refractivity contribution is 5.92. The fourth-order valence-corrected chi connectivity index (χ4v) is 4.00. The Morgan fingerprint density at radius 2 is 1.56 bits per heavy atom. The lowest BCUT2D eigenvalue weighted by atomic mass is 10.0. The van der Waals surface area contributed by atoms with Gasteiger partial charge in [-0.15, -0.1) is 0 Å². The summed E-state index contributed by atoms with van der Waals surface area (Å²) in [7, 11) is 1.76. The van der Waals surface area contributed by atoms with Crippen molar-refractivity contribution in [2.24, 2.45) is 4.99 Å². The molecule has 0 aliphatic heterocycles. The molecule has 0 atom stereocenters. The van der Waals surface area contributed by atoms with Crippen molar-refractivity contribution < 1.29 is 0 Å². The molecule has 0 spiro atoms. The molecule has 0 aliphatic carbocycles. The second kappa shape index (κ2) is 8.32. The van der Waals surface area contributed by atoms with Crippen molar-refractivity contribution >= 4 is 28.7 Å². The first-order valence-electron chi connectivity index (χ1n) is 10.6. The number of rotatable bonds is 4. The summed E-state index contributed by atoms with van der Waals surface area (Å²) in [5, 5.41) is 9.77. The maximum Gasteiger partial charge on any atom is 0.100 e. The summed E-state index contributed by atoms with van der Waals surface area (Å²) >= 11 is 0. The molecular formula is C27H27N5. The van der Waals surface area contributed by atoms with Crippen LogP contribution in [0.1, 0.15) is 33.4 Å². The number of nitriles is 1. The highest BCUT2D eigenvalue weighted by Crippen LogP contribution is 2.32. The minimum absolute atomic E-state index is 0.583. The minimum Gasteiger partial charge on any atom is -0.301 e. The highest BCUT2D eigenvalue weighted by atomic mass is 15.2. The van der Waals surface area contributed by atoms with E-state index >= 15 is 0 Å². The van der Waals surface area contributed by atoms with Crippen LogP contribution >= 0.6 is 0 Å². The Hall–Kier alpha value is -3.91. The Balaban J connectivity index is 1.93. The first-order valence-corrected chi connectivity index (χ1v) is 10.6. The van der Waals surface area contributed by atoms with E-state index in [1.807, 2.05) is 27.9 Å². The molecule has 5 nitrogen and oxygen atoms in total. The third-order valence-electron chi connectivity index (χ3n) is 6.05. The van der Waals surface area contributed by atoms with Gasteiger partial charge in [-0.3, -0.25) is 9.56 Å². The van der Waals surface area contributed by atoms with Crippen LogP contribution in [0.4, 0.5) is 11.4 Å². The van der Waals surface area contributed by atoms with Gasteiger partial charge in [0.15, 0.2) is 0 Å². The molecule has 0 unspecified atom stereocenters. The molecule has 0 aliphatic rings. The Bertz CT molecular complexity index is 1400. The lowest BCUT2D eigenvalue weighted by Crippen LogP contribution is -2.16. The van der Waals surface area contributed by atoms with Crippen LogP contribution in [0, 0.1) is 45.9 Å². The summed E-state index contributed by atoms with van der Waals surface area (Å²) in [6, 6.07) is 16.8. The second-order valence-corrected chi connectivity index (χ2v) is 8.36. The largest absolute Gasteiger partial charge is 0.301 e. The molecule has 32 heavy (non-hydrogen) atoms. The third kappa shape index (κ3) is 3.76. The van der Waals surface area contributed by atoms with E-state index in [2.05, 4.69) is 81.0 Å². The van der Waals surface area contributed by atoms with Crippen LogP contribution < -0.4 is 4.90 Å². The zero-order chi connectivity index (χ0) is 23.0. The molecule has 0 fully saturated rings. The van der Waals surface area contributed by atoms with Gasteiger partial charge in [0.2, 0.25) is 0 Å². The van der Waals surface area contributed by atoms with Crippen molar-refractivity contribution in [1.29, 1.82) is 5.26 Å². The number of aromatic nitrogens is 2. The number of aliphatic imine (C=N–C) groups is 1. The number of anilines is 2. The maximum atomic E-state index is 9.77. The molecule has 0 amide bonds. The zero-order valence-corrected chi connectivity index (χ0v) is 19.4. The molecule has 1 aromatic heterocycles. The van der Waals surface area contributed by atoms with E-state index < -0.39 is 0 Å². The van der Waals surface area contributed by atoms with Gasteiger partial charge in [-0.1, -0.05) is 6.07 Å². The van der Waals surface area contributed by atoms with Crippen molar-refractivity contribution in [3.8, 4) is 11.8 Å². The van der Waals surface area contributed by atoms with Crippen molar-refractivity contribution in [2.75, 3.05) is 11.9 Å². The molecule has 0 saturated carbocycles. The smallest absolute Gasteiger partial charge is 0.100 e. The topological polar surface area (TPSA) is 57.2 Å². The summed E-state index contributed by atoms with van der Waals surface area (Å²) < 4.78 is 2.04. The molecule has 5 heteroatoms. The number of aryl methyl sites for hydroxylation is 5. The first kappa shape index (κ1) is 21.3. The van der Waals surface area contributed by atoms with E-state index in [4.69, 9.17) is 0 Å². The molecule has 3 aromatic carbocycles. The van der Waals surface area contributed by atoms with Gasteiger partial charge in [-0.25, -0.2) is 4.98 Å². The van der Waals surface area contributed by atoms with Gasteiger partial charge in [0, 0.05) is 7.05 Å². The predicted molar refractivity (Wildman–Crippen MR) is 132 cm³/mol. The number of fused-ring (bicyclic) bond motifs is 1. The van der Waals surface area contributed by atoms with Gasteiger partial charge in [-0.2, -0.15) is 5.26 Å². The second-order valence-electron chi connectivity index (χ2n) is 8.36. The van der Waals surface area contributed by atoms with Crippen LogP contribution in [0.2, 0.25) is 0 Å². The molecule has 1 heterocycles. The van der Waals surface area contributed by atoms with E-state index in [1.54, 1.807) is 13.4 Å². The van der Waals surface area contributed by atoms with Crippen LogP contribution in [0.3, 0.4) is 0 Å². The van der Waals surface area contributed by atoms with Crippen LogP contribution in [0.15, 0.2) is 53.8 Å². The van der Waals surface area contributed by atoms with E-state index in [1.165, 1.54) is 22.3 Å². The molecule has 4 aromatic rings. The van der Waals surface area contributed by atoms with Crippen molar-refractivity contribution in [3.05, 3.63) is 82.2 Å². The molecular weight excluding hydrogens is 394 g/mol. The molecule has 0 N–H and O–H groups in total. The number of benzene rings is 3. The van der Waals surface area contributed by atoms with Crippen molar-refractivity contribution in [3.63, 3.8) is 0 Å². The normalized spacial score (nSPS) is 11.3. The van der Waals surface area contributed by atoms with Gasteiger partial charge >= 0.3 is 0 Å². The van der Waals surface area contributed by atoms with Crippen LogP contribution in [-0.4, -0.2) is 22.9 Å². The minimum atomic E-state index is 0.583. The maximum absolute atomic E-state index is 9.77. The fourth-order valence-electron chi connectivity index (χ4n) is 4.00. The Morgan fingerprint density at radius 3 is 2.28 bits per heavy atom. The average molecular weight is 422 g/mol. The van der Waals surface area contributed by atoms with Gasteiger partial charge in [-0.05, 0) is 98.8 Å². The highest BCUT2D eigenvalue weighted by Gasteiger charge is 2.15. The molecule has 160 valence electrons. The van der Waals surface area contributed by atoms with Crippen molar-refractivity contribution in [2.45, 2.75) is 34.6 Å². The van der Waals surface area contributed by atoms with E-state index in [-0.39, 0.29) is 0 Å². The Labute approximate surface area is 189 Å². The van der Waals surface area contributed by atoms with E-state index in [0.717, 1.165) is 33.7 Å². The van der Waals surface area contributed by atoms with E-state index in [0.29, 0.717) is 5.56 Å². The van der Waals surface area contributed by atoms with Gasteiger partial charge in [0.05, 0.1) is 46.1 Å². The first-order chi connectivity index (χ1) is 15.3. The molecule has 0 radical (unpaired) electrons. The third-order valence-corrected chi connectivity index (χ3v) is 6.05.